The van der Waals surface area contributed by atoms with E-state index in [9.17, 15) is 33.1 Å². The zero-order valence-corrected chi connectivity index (χ0v) is 20.6. The monoisotopic (exact) mass is 553 g/mol. The van der Waals surface area contributed by atoms with Gasteiger partial charge in [-0.1, -0.05) is 45.9 Å². The fourth-order valence-corrected chi connectivity index (χ4v) is 6.72. The first-order valence-electron chi connectivity index (χ1n) is 8.80. The number of halogens is 1. The molecule has 12 nitrogen and oxygen atoms in total. The zero-order chi connectivity index (χ0) is 24.5. The molecule has 0 aliphatic carbocycles. The number of nitrogen functional groups attached to an aromatic ring is 1. The van der Waals surface area contributed by atoms with Crippen LogP contribution < -0.4 is 11.1 Å². The third-order valence-electron chi connectivity index (χ3n) is 4.27. The Morgan fingerprint density at radius 2 is 2.18 bits per heavy atom. The lowest BCUT2D eigenvalue weighted by Gasteiger charge is -2.49. The molecule has 1 fully saturated rings. The molecular weight excluding hydrogens is 538 g/mol. The summed E-state index contributed by atoms with van der Waals surface area (Å²) in [6, 6.07) is -1.07. The molecular formula is C16H16ClN5O7S4. The number of hydrogen-bond acceptors (Lipinski definition) is 12. The summed E-state index contributed by atoms with van der Waals surface area (Å²) in [6.45, 7) is 0. The molecule has 1 aromatic heterocycles. The highest BCUT2D eigenvalue weighted by molar-refractivity contribution is 8.08. The largest absolute Gasteiger partial charge is 0.477 e. The van der Waals surface area contributed by atoms with E-state index in [2.05, 4.69) is 15.5 Å². The number of rotatable bonds is 8. The van der Waals surface area contributed by atoms with E-state index in [1.807, 2.05) is 0 Å². The maximum atomic E-state index is 12.7. The van der Waals surface area contributed by atoms with Gasteiger partial charge in [-0.05, 0) is 5.41 Å². The van der Waals surface area contributed by atoms with Crippen LogP contribution in [0.2, 0.25) is 4.34 Å². The summed E-state index contributed by atoms with van der Waals surface area (Å²) in [5.41, 5.74) is 4.60. The number of nitrogens with one attached hydrogen (secondary N) is 1. The Morgan fingerprint density at radius 3 is 2.73 bits per heavy atom. The lowest BCUT2D eigenvalue weighted by atomic mass is 10.0. The number of amides is 2. The number of carbonyl (C=O) groups excluding carboxylic acids is 2. The first kappa shape index (κ1) is 25.4. The molecule has 33 heavy (non-hydrogen) atoms. The number of carbonyl (C=O) groups is 3. The lowest BCUT2D eigenvalue weighted by Crippen LogP contribution is -2.71. The van der Waals surface area contributed by atoms with Gasteiger partial charge in [-0.2, -0.15) is 0 Å². The molecule has 178 valence electrons. The van der Waals surface area contributed by atoms with Gasteiger partial charge in [0.1, 0.15) is 27.1 Å². The molecule has 1 unspecified atom stereocenters. The highest BCUT2D eigenvalue weighted by atomic mass is 35.5. The van der Waals surface area contributed by atoms with E-state index < -0.39 is 44.7 Å². The fraction of sp³-hybridized carbons (Fsp3) is 0.312. The van der Waals surface area contributed by atoms with Crippen LogP contribution in [0.3, 0.4) is 0 Å². The van der Waals surface area contributed by atoms with Crippen molar-refractivity contribution >= 4 is 84.9 Å². The molecule has 2 atom stereocenters. The number of β-lactam (4-membered cyclic amide) rings is 1. The number of aliphatic carboxylic acids is 1. The van der Waals surface area contributed by atoms with Crippen LogP contribution in [0.5, 0.6) is 0 Å². The molecule has 2 amide bonds. The van der Waals surface area contributed by atoms with Crippen molar-refractivity contribution < 1.29 is 33.1 Å². The molecule has 0 radical (unpaired) electrons. The van der Waals surface area contributed by atoms with Crippen LogP contribution >= 0.6 is 46.5 Å². The number of nitrogens with two attached hydrogens (primary N) is 1. The minimum Gasteiger partial charge on any atom is -0.477 e. The van der Waals surface area contributed by atoms with E-state index >= 15 is 0 Å². The Labute approximate surface area is 204 Å². The Balaban J connectivity index is 1.75. The van der Waals surface area contributed by atoms with Crippen LogP contribution in [0.4, 0.5) is 5.13 Å². The number of fused-ring (bicyclic) bond motifs is 1. The summed E-state index contributed by atoms with van der Waals surface area (Å²) in [7, 11) is -3.21. The molecule has 2 aliphatic heterocycles. The first-order valence-corrected chi connectivity index (χ1v) is 14.0. The normalized spacial score (nSPS) is 21.2. The number of oxime groups is 1. The van der Waals surface area contributed by atoms with Crippen LogP contribution in [-0.2, 0) is 24.2 Å². The molecule has 3 rings (SSSR count). The van der Waals surface area contributed by atoms with Crippen molar-refractivity contribution in [3.05, 3.63) is 32.1 Å². The minimum atomic E-state index is -3.21. The fourth-order valence-electron chi connectivity index (χ4n) is 2.90. The second-order valence-electron chi connectivity index (χ2n) is 6.64. The number of thioether (sulfide) groups is 2. The second kappa shape index (κ2) is 9.92. The molecule has 0 bridgehead atoms. The zero-order valence-electron chi connectivity index (χ0n) is 16.6. The van der Waals surface area contributed by atoms with Gasteiger partial charge < -0.3 is 21.4 Å². The summed E-state index contributed by atoms with van der Waals surface area (Å²) in [6.07, 6.45) is 2.46. The van der Waals surface area contributed by atoms with Crippen LogP contribution in [-0.4, -0.2) is 81.3 Å². The number of aromatic nitrogens is 1. The van der Waals surface area contributed by atoms with Gasteiger partial charge >= 0.3 is 5.97 Å². The lowest BCUT2D eigenvalue weighted by molar-refractivity contribution is -0.150. The predicted molar refractivity (Wildman–Crippen MR) is 126 cm³/mol. The number of anilines is 1. The maximum Gasteiger partial charge on any atom is 0.353 e. The van der Waals surface area contributed by atoms with E-state index in [-0.39, 0.29) is 32.4 Å². The van der Waals surface area contributed by atoms with E-state index in [1.54, 1.807) is 0 Å². The number of thiazole rings is 1. The molecule has 17 heteroatoms. The Bertz CT molecular complexity index is 1210. The molecule has 3 heterocycles. The molecule has 5 N–H and O–H groups in total. The van der Waals surface area contributed by atoms with Gasteiger partial charge in [-0.25, -0.2) is 18.2 Å². The van der Waals surface area contributed by atoms with Gasteiger partial charge in [0.05, 0.1) is 5.75 Å². The topological polar surface area (TPSA) is 192 Å². The standard InChI is InChI=1S/C16H16ClN5O7S4/c1-33(28,29)4-2-3-30-6-5-31-14-9(13(24)22(14)10(6)15(25)26)19-12(23)8(21-27)7-11(17)32-16(18)20-7/h2-3,9,14,27H,4-5H2,1H3,(H2,18,20)(H,19,23)(H,25,26)/b3-2-,21-8-/t9?,14-/m1/s1. The van der Waals surface area contributed by atoms with Gasteiger partial charge in [-0.15, -0.1) is 11.8 Å². The van der Waals surface area contributed by atoms with Crippen molar-refractivity contribution in [2.45, 2.75) is 11.4 Å². The summed E-state index contributed by atoms with van der Waals surface area (Å²) in [5.74, 6) is -2.93. The summed E-state index contributed by atoms with van der Waals surface area (Å²) in [5, 5.41) is 25.0. The van der Waals surface area contributed by atoms with Crippen LogP contribution in [0, 0.1) is 0 Å². The third-order valence-corrected chi connectivity index (χ3v) is 8.56. The molecule has 2 aliphatic rings. The van der Waals surface area contributed by atoms with Gasteiger partial charge in [0.25, 0.3) is 11.8 Å². The highest BCUT2D eigenvalue weighted by Crippen LogP contribution is 2.43. The number of nitrogens with zero attached hydrogens (tertiary/aromatic N) is 3. The Kier molecular flexibility index (Phi) is 7.62. The average Bonchev–Trinajstić information content (AvgIpc) is 3.06. The quantitative estimate of drug-likeness (QED) is 0.152. The van der Waals surface area contributed by atoms with Crippen LogP contribution in [0.1, 0.15) is 5.69 Å². The number of carboxylic acid groups (broad SMARTS) is 1. The smallest absolute Gasteiger partial charge is 0.353 e. The first-order chi connectivity index (χ1) is 15.4. The van der Waals surface area contributed by atoms with Crippen molar-refractivity contribution in [1.29, 1.82) is 0 Å². The van der Waals surface area contributed by atoms with Crippen molar-refractivity contribution in [2.75, 3.05) is 23.5 Å². The van der Waals surface area contributed by atoms with Gasteiger partial charge in [0.2, 0.25) is 0 Å². The number of sulfone groups is 1. The molecule has 0 saturated carbocycles. The van der Waals surface area contributed by atoms with E-state index in [4.69, 9.17) is 17.3 Å². The molecule has 1 saturated heterocycles. The molecule has 0 aromatic carbocycles. The molecule has 0 spiro atoms. The Morgan fingerprint density at radius 1 is 1.48 bits per heavy atom. The third kappa shape index (κ3) is 5.46. The highest BCUT2D eigenvalue weighted by Gasteiger charge is 2.54. The average molecular weight is 554 g/mol. The van der Waals surface area contributed by atoms with Crippen LogP contribution in [0.15, 0.2) is 27.2 Å². The van der Waals surface area contributed by atoms with Crippen molar-refractivity contribution in [2.24, 2.45) is 5.16 Å². The number of hydrogen-bond donors (Lipinski definition) is 4. The predicted octanol–water partition coefficient (Wildman–Crippen LogP) is 0.545. The van der Waals surface area contributed by atoms with E-state index in [0.29, 0.717) is 4.91 Å². The summed E-state index contributed by atoms with van der Waals surface area (Å²) < 4.78 is 22.4. The SMILES string of the molecule is CS(=O)(=O)C/C=C\SC1=C(C(=O)O)N2C(=O)C(NC(=O)/C(=N\O)c3nc(N)sc3Cl)[C@H]2SC1. The second-order valence-corrected chi connectivity index (χ2v) is 12.6. The molecule has 1 aromatic rings. The van der Waals surface area contributed by atoms with Crippen molar-refractivity contribution in [1.82, 2.24) is 15.2 Å². The van der Waals surface area contributed by atoms with Gasteiger partial charge in [-0.3, -0.25) is 14.5 Å². The minimum absolute atomic E-state index is 0.0192. The van der Waals surface area contributed by atoms with E-state index in [1.165, 1.54) is 23.2 Å². The Hall–Kier alpha value is -2.27. The van der Waals surface area contributed by atoms with E-state index in [0.717, 1.165) is 34.3 Å². The maximum absolute atomic E-state index is 12.7. The summed E-state index contributed by atoms with van der Waals surface area (Å²) in [4.78, 5) is 42.4. The van der Waals surface area contributed by atoms with Crippen molar-refractivity contribution in [3.63, 3.8) is 0 Å². The summed E-state index contributed by atoms with van der Waals surface area (Å²) >= 11 is 9.04. The van der Waals surface area contributed by atoms with Gasteiger partial charge in [0.15, 0.2) is 20.7 Å². The van der Waals surface area contributed by atoms with Crippen LogP contribution in [0.25, 0.3) is 0 Å². The van der Waals surface area contributed by atoms with Crippen molar-refractivity contribution in [3.8, 4) is 0 Å². The van der Waals surface area contributed by atoms with Gasteiger partial charge in [0, 0.05) is 16.9 Å². The number of carboxylic acids is 1.